The molecule has 0 aromatic heterocycles. The second-order valence-electron chi connectivity index (χ2n) is 2.11. The first kappa shape index (κ1) is 11.1. The third-order valence-corrected chi connectivity index (χ3v) is 1.20. The van der Waals surface area contributed by atoms with Gasteiger partial charge in [-0.15, -0.1) is 18.8 Å². The third kappa shape index (κ3) is 3.83. The average molecular weight is 180 g/mol. The molecule has 13 heavy (non-hydrogen) atoms. The molecule has 1 N–H and O–H groups in total. The van der Waals surface area contributed by atoms with Crippen LogP contribution in [0.25, 0.3) is 0 Å². The molecular weight excluding hydrogens is 172 g/mol. The van der Waals surface area contributed by atoms with E-state index in [0.29, 0.717) is 0 Å². The molecule has 0 saturated carbocycles. The lowest BCUT2D eigenvalue weighted by molar-refractivity contribution is -0.157. The Bertz CT molecular complexity index is 279. The molecule has 1 unspecified atom stereocenters. The Hall–Kier alpha value is -1.94. The van der Waals surface area contributed by atoms with Gasteiger partial charge in [-0.1, -0.05) is 5.92 Å². The molecule has 4 heteroatoms. The Labute approximate surface area is 75.9 Å². The average Bonchev–Trinajstić information content (AvgIpc) is 2.09. The molecule has 1 atom stereocenters. The van der Waals surface area contributed by atoms with Crippen LogP contribution in [-0.2, 0) is 14.3 Å². The van der Waals surface area contributed by atoms with Crippen molar-refractivity contribution in [2.24, 2.45) is 5.92 Å². The highest BCUT2D eigenvalue weighted by molar-refractivity contribution is 5.94. The molecule has 0 aliphatic carbocycles. The van der Waals surface area contributed by atoms with Crippen LogP contribution < -0.4 is 0 Å². The fourth-order valence-electron chi connectivity index (χ4n) is 0.603. The molecule has 0 amide bonds. The normalized spacial score (nSPS) is 10.6. The second kappa shape index (κ2) is 5.68. The molecule has 0 rings (SSSR count). The van der Waals surface area contributed by atoms with E-state index in [4.69, 9.17) is 18.0 Å². The number of carbonyl (C=O) groups excluding carboxylic acids is 1. The summed E-state index contributed by atoms with van der Waals surface area (Å²) in [6.07, 6.45) is 9.49. The number of terminal acetylenes is 2. The topological polar surface area (TPSA) is 63.6 Å². The van der Waals surface area contributed by atoms with Crippen molar-refractivity contribution in [3.63, 3.8) is 0 Å². The van der Waals surface area contributed by atoms with E-state index in [1.54, 1.807) is 0 Å². The number of carbonyl (C=O) groups is 2. The van der Waals surface area contributed by atoms with Crippen LogP contribution in [0.2, 0.25) is 0 Å². The highest BCUT2D eigenvalue weighted by Gasteiger charge is 2.26. The maximum absolute atomic E-state index is 10.9. The summed E-state index contributed by atoms with van der Waals surface area (Å²) in [5.41, 5.74) is 0. The summed E-state index contributed by atoms with van der Waals surface area (Å²) < 4.78 is 4.42. The molecule has 68 valence electrons. The van der Waals surface area contributed by atoms with E-state index in [9.17, 15) is 9.59 Å². The quantitative estimate of drug-likeness (QED) is 0.372. The van der Waals surface area contributed by atoms with Crippen LogP contribution >= 0.6 is 0 Å². The monoisotopic (exact) mass is 180 g/mol. The van der Waals surface area contributed by atoms with E-state index < -0.39 is 17.9 Å². The van der Waals surface area contributed by atoms with Gasteiger partial charge in [-0.25, -0.2) is 0 Å². The number of carboxylic acid groups (broad SMARTS) is 1. The smallest absolute Gasteiger partial charge is 0.322 e. The minimum absolute atomic E-state index is 0.196. The number of rotatable bonds is 4. The summed E-state index contributed by atoms with van der Waals surface area (Å²) in [4.78, 5) is 21.4. The highest BCUT2D eigenvalue weighted by atomic mass is 16.5. The molecule has 0 spiro atoms. The minimum atomic E-state index is -1.32. The van der Waals surface area contributed by atoms with Gasteiger partial charge >= 0.3 is 11.9 Å². The number of aliphatic carboxylic acids is 1. The molecule has 0 saturated heterocycles. The summed E-state index contributed by atoms with van der Waals surface area (Å²) in [5.74, 6) is 0.594. The molecule has 0 aliphatic heterocycles. The van der Waals surface area contributed by atoms with Gasteiger partial charge in [0.25, 0.3) is 0 Å². The Morgan fingerprint density at radius 1 is 1.38 bits per heavy atom. The summed E-state index contributed by atoms with van der Waals surface area (Å²) in [6, 6.07) is 0. The zero-order chi connectivity index (χ0) is 10.3. The van der Waals surface area contributed by atoms with E-state index in [1.807, 2.05) is 5.92 Å². The first-order valence-electron chi connectivity index (χ1n) is 3.39. The second-order valence-corrected chi connectivity index (χ2v) is 2.11. The van der Waals surface area contributed by atoms with Gasteiger partial charge in [-0.05, 0) is 0 Å². The Kier molecular flexibility index (Phi) is 4.83. The third-order valence-electron chi connectivity index (χ3n) is 1.20. The van der Waals surface area contributed by atoms with Gasteiger partial charge in [0.15, 0.2) is 12.5 Å². The van der Waals surface area contributed by atoms with Crippen molar-refractivity contribution in [2.45, 2.75) is 6.42 Å². The van der Waals surface area contributed by atoms with Gasteiger partial charge in [0.1, 0.15) is 0 Å². The number of carboxylic acids is 1. The van der Waals surface area contributed by atoms with E-state index in [1.165, 1.54) is 0 Å². The van der Waals surface area contributed by atoms with Crippen LogP contribution in [0.5, 0.6) is 0 Å². The predicted octanol–water partition coefficient (Wildman–Crippen LogP) is -0.113. The van der Waals surface area contributed by atoms with Crippen molar-refractivity contribution in [2.75, 3.05) is 6.61 Å². The Balaban J connectivity index is 4.23. The lowest BCUT2D eigenvalue weighted by Crippen LogP contribution is -2.25. The summed E-state index contributed by atoms with van der Waals surface area (Å²) in [6.45, 7) is -0.243. The standard InChI is InChI=1S/C9H8O4/c1-3-5-7(8(10)11)9(12)13-6-4-2/h1-2,7H,5-6H2,(H,10,11). The first-order valence-corrected chi connectivity index (χ1v) is 3.39. The van der Waals surface area contributed by atoms with Gasteiger partial charge in [0, 0.05) is 6.42 Å². The van der Waals surface area contributed by atoms with Crippen molar-refractivity contribution in [3.05, 3.63) is 0 Å². The van der Waals surface area contributed by atoms with E-state index in [0.717, 1.165) is 0 Å². The van der Waals surface area contributed by atoms with Crippen molar-refractivity contribution in [1.82, 2.24) is 0 Å². The van der Waals surface area contributed by atoms with Gasteiger partial charge in [0.05, 0.1) is 0 Å². The van der Waals surface area contributed by atoms with Crippen molar-refractivity contribution >= 4 is 11.9 Å². The predicted molar refractivity (Wildman–Crippen MR) is 44.4 cm³/mol. The Morgan fingerprint density at radius 2 is 2.00 bits per heavy atom. The summed E-state index contributed by atoms with van der Waals surface area (Å²) in [7, 11) is 0. The molecule has 0 aromatic carbocycles. The molecule has 0 aromatic rings. The lowest BCUT2D eigenvalue weighted by Gasteiger charge is -2.06. The van der Waals surface area contributed by atoms with Crippen LogP contribution in [0.1, 0.15) is 6.42 Å². The number of esters is 1. The van der Waals surface area contributed by atoms with Gasteiger partial charge in [-0.3, -0.25) is 9.59 Å². The van der Waals surface area contributed by atoms with Gasteiger partial charge in [0.2, 0.25) is 0 Å². The van der Waals surface area contributed by atoms with Crippen LogP contribution in [0.3, 0.4) is 0 Å². The molecule has 0 aliphatic rings. The molecule has 4 nitrogen and oxygen atoms in total. The highest BCUT2D eigenvalue weighted by Crippen LogP contribution is 2.04. The zero-order valence-electron chi connectivity index (χ0n) is 6.82. The fourth-order valence-corrected chi connectivity index (χ4v) is 0.603. The maximum atomic E-state index is 10.9. The molecule has 0 fully saturated rings. The number of hydrogen-bond acceptors (Lipinski definition) is 3. The maximum Gasteiger partial charge on any atom is 0.322 e. The van der Waals surface area contributed by atoms with E-state index in [2.05, 4.69) is 10.7 Å². The van der Waals surface area contributed by atoms with Crippen molar-refractivity contribution < 1.29 is 19.4 Å². The SMILES string of the molecule is C#CCOC(=O)C(CC#C)C(=O)O. The van der Waals surface area contributed by atoms with Crippen molar-refractivity contribution in [3.8, 4) is 24.7 Å². The lowest BCUT2D eigenvalue weighted by atomic mass is 10.1. The van der Waals surface area contributed by atoms with Crippen LogP contribution in [0.4, 0.5) is 0 Å². The minimum Gasteiger partial charge on any atom is -0.481 e. The largest absolute Gasteiger partial charge is 0.481 e. The van der Waals surface area contributed by atoms with Crippen molar-refractivity contribution in [1.29, 1.82) is 0 Å². The fraction of sp³-hybridized carbons (Fsp3) is 0.333. The Morgan fingerprint density at radius 3 is 2.38 bits per heavy atom. The number of ether oxygens (including phenoxy) is 1. The van der Waals surface area contributed by atoms with Gasteiger partial charge < -0.3 is 9.84 Å². The first-order chi connectivity index (χ1) is 6.13. The van der Waals surface area contributed by atoms with Gasteiger partial charge in [-0.2, -0.15) is 0 Å². The molecular formula is C9H8O4. The molecule has 0 heterocycles. The van der Waals surface area contributed by atoms with Crippen LogP contribution in [-0.4, -0.2) is 23.7 Å². The van der Waals surface area contributed by atoms with E-state index >= 15 is 0 Å². The molecule has 0 bridgehead atoms. The summed E-state index contributed by atoms with van der Waals surface area (Å²) >= 11 is 0. The zero-order valence-corrected chi connectivity index (χ0v) is 6.82. The number of hydrogen-bond donors (Lipinski definition) is 1. The van der Waals surface area contributed by atoms with Crippen LogP contribution in [0.15, 0.2) is 0 Å². The van der Waals surface area contributed by atoms with E-state index in [-0.39, 0.29) is 13.0 Å². The van der Waals surface area contributed by atoms with Crippen LogP contribution in [0, 0.1) is 30.6 Å². The summed E-state index contributed by atoms with van der Waals surface area (Å²) in [5, 5.41) is 8.53. The molecule has 0 radical (unpaired) electrons.